The Morgan fingerprint density at radius 2 is 2.09 bits per heavy atom. The molecule has 0 spiro atoms. The molecule has 22 heavy (non-hydrogen) atoms. The SMILES string of the molecule is CCOC(=O)C(C=NC1CC1)=C(O)c1cc(F)c(F)cc1Cl. The number of aliphatic imine (C=N–C) groups is 1. The standard InChI is InChI=1S/C15H14ClF2NO3/c1-2-22-15(21)10(7-19-8-3-4-8)14(20)9-5-12(17)13(18)6-11(9)16/h5-8,20H,2-4H2,1H3. The van der Waals surface area contributed by atoms with Crippen molar-refractivity contribution in [2.75, 3.05) is 6.61 Å². The van der Waals surface area contributed by atoms with E-state index >= 15 is 0 Å². The summed E-state index contributed by atoms with van der Waals surface area (Å²) in [4.78, 5) is 16.0. The van der Waals surface area contributed by atoms with Crippen molar-refractivity contribution >= 4 is 29.5 Å². The molecule has 4 nitrogen and oxygen atoms in total. The van der Waals surface area contributed by atoms with Crippen molar-refractivity contribution in [2.45, 2.75) is 25.8 Å². The van der Waals surface area contributed by atoms with Crippen molar-refractivity contribution in [3.8, 4) is 0 Å². The van der Waals surface area contributed by atoms with Gasteiger partial charge in [0.15, 0.2) is 11.6 Å². The maximum Gasteiger partial charge on any atom is 0.343 e. The topological polar surface area (TPSA) is 58.9 Å². The van der Waals surface area contributed by atoms with Crippen LogP contribution in [0.3, 0.4) is 0 Å². The Morgan fingerprint density at radius 1 is 1.45 bits per heavy atom. The van der Waals surface area contributed by atoms with Gasteiger partial charge in [-0.15, -0.1) is 0 Å². The summed E-state index contributed by atoms with van der Waals surface area (Å²) in [6.07, 6.45) is 2.99. The van der Waals surface area contributed by atoms with Crippen LogP contribution in [-0.2, 0) is 9.53 Å². The quantitative estimate of drug-likeness (QED) is 0.295. The number of aliphatic hydroxyl groups is 1. The molecular formula is C15H14ClF2NO3. The molecule has 1 aromatic carbocycles. The molecule has 0 amide bonds. The lowest BCUT2D eigenvalue weighted by molar-refractivity contribution is -0.137. The number of halogens is 3. The number of carbonyl (C=O) groups excluding carboxylic acids is 1. The van der Waals surface area contributed by atoms with Gasteiger partial charge in [-0.2, -0.15) is 0 Å². The summed E-state index contributed by atoms with van der Waals surface area (Å²) in [5, 5.41) is 10.00. The predicted molar refractivity (Wildman–Crippen MR) is 79.1 cm³/mol. The zero-order valence-corrected chi connectivity index (χ0v) is 12.5. The number of aliphatic hydroxyl groups excluding tert-OH is 1. The molecule has 0 aromatic heterocycles. The Morgan fingerprint density at radius 3 is 2.68 bits per heavy atom. The van der Waals surface area contributed by atoms with Crippen LogP contribution >= 0.6 is 11.6 Å². The fraction of sp³-hybridized carbons (Fsp3) is 0.333. The number of benzene rings is 1. The molecule has 118 valence electrons. The number of ether oxygens (including phenoxy) is 1. The van der Waals surface area contributed by atoms with E-state index in [1.165, 1.54) is 6.21 Å². The molecule has 0 unspecified atom stereocenters. The third kappa shape index (κ3) is 3.82. The van der Waals surface area contributed by atoms with Crippen LogP contribution in [0.4, 0.5) is 8.78 Å². The van der Waals surface area contributed by atoms with E-state index in [2.05, 4.69) is 4.99 Å². The van der Waals surface area contributed by atoms with Gasteiger partial charge in [0.2, 0.25) is 0 Å². The summed E-state index contributed by atoms with van der Waals surface area (Å²) in [7, 11) is 0. The van der Waals surface area contributed by atoms with Crippen LogP contribution in [0, 0.1) is 11.6 Å². The lowest BCUT2D eigenvalue weighted by atomic mass is 10.1. The van der Waals surface area contributed by atoms with Crippen LogP contribution in [0.5, 0.6) is 0 Å². The van der Waals surface area contributed by atoms with E-state index in [1.807, 2.05) is 0 Å². The fourth-order valence-corrected chi connectivity index (χ4v) is 1.91. The van der Waals surface area contributed by atoms with Gasteiger partial charge in [-0.05, 0) is 31.9 Å². The molecule has 1 saturated carbocycles. The second-order valence-electron chi connectivity index (χ2n) is 4.74. The summed E-state index contributed by atoms with van der Waals surface area (Å²) in [5.41, 5.74) is -0.451. The molecule has 1 aromatic rings. The van der Waals surface area contributed by atoms with Crippen LogP contribution in [0.25, 0.3) is 5.76 Å². The third-order valence-electron chi connectivity index (χ3n) is 2.98. The lowest BCUT2D eigenvalue weighted by Crippen LogP contribution is -2.12. The number of hydrogen-bond acceptors (Lipinski definition) is 4. The summed E-state index contributed by atoms with van der Waals surface area (Å²) >= 11 is 5.80. The molecule has 1 N–H and O–H groups in total. The Kier molecular flexibility index (Phi) is 5.13. The maximum absolute atomic E-state index is 13.3. The molecule has 7 heteroatoms. The van der Waals surface area contributed by atoms with Crippen LogP contribution in [0.2, 0.25) is 5.02 Å². The monoisotopic (exact) mass is 329 g/mol. The minimum atomic E-state index is -1.19. The predicted octanol–water partition coefficient (Wildman–Crippen LogP) is 3.68. The van der Waals surface area contributed by atoms with Gasteiger partial charge < -0.3 is 9.84 Å². The molecule has 0 aliphatic heterocycles. The van der Waals surface area contributed by atoms with E-state index in [1.54, 1.807) is 6.92 Å². The highest BCUT2D eigenvalue weighted by Crippen LogP contribution is 2.28. The van der Waals surface area contributed by atoms with Crippen molar-refractivity contribution in [1.29, 1.82) is 0 Å². The molecule has 0 atom stereocenters. The number of hydrogen-bond donors (Lipinski definition) is 1. The first-order valence-corrected chi connectivity index (χ1v) is 7.10. The van der Waals surface area contributed by atoms with E-state index in [4.69, 9.17) is 16.3 Å². The van der Waals surface area contributed by atoms with Crippen LogP contribution in [-0.4, -0.2) is 29.9 Å². The summed E-state index contributed by atoms with van der Waals surface area (Å²) in [6, 6.07) is 1.55. The molecule has 0 bridgehead atoms. The minimum absolute atomic E-state index is 0.0956. The van der Waals surface area contributed by atoms with Crippen LogP contribution in [0.1, 0.15) is 25.3 Å². The van der Waals surface area contributed by atoms with E-state index in [9.17, 15) is 18.7 Å². The summed E-state index contributed by atoms with van der Waals surface area (Å²) < 4.78 is 31.3. The first kappa shape index (κ1) is 16.4. The fourth-order valence-electron chi connectivity index (χ4n) is 1.67. The van der Waals surface area contributed by atoms with E-state index < -0.39 is 23.4 Å². The van der Waals surface area contributed by atoms with Gasteiger partial charge in [-0.3, -0.25) is 4.99 Å². The van der Waals surface area contributed by atoms with Gasteiger partial charge in [-0.25, -0.2) is 13.6 Å². The first-order chi connectivity index (χ1) is 10.4. The highest BCUT2D eigenvalue weighted by atomic mass is 35.5. The number of nitrogens with zero attached hydrogens (tertiary/aromatic N) is 1. The Balaban J connectivity index is 2.47. The number of carbonyl (C=O) groups is 1. The molecule has 0 radical (unpaired) electrons. The zero-order chi connectivity index (χ0) is 16.3. The second kappa shape index (κ2) is 6.87. The molecule has 1 fully saturated rings. The molecule has 1 aliphatic rings. The van der Waals surface area contributed by atoms with Gasteiger partial charge in [0, 0.05) is 11.8 Å². The third-order valence-corrected chi connectivity index (χ3v) is 3.29. The largest absolute Gasteiger partial charge is 0.506 e. The van der Waals surface area contributed by atoms with Gasteiger partial charge in [0.05, 0.1) is 17.7 Å². The average Bonchev–Trinajstić information content (AvgIpc) is 3.27. The van der Waals surface area contributed by atoms with Crippen molar-refractivity contribution in [3.63, 3.8) is 0 Å². The molecule has 2 rings (SSSR count). The van der Waals surface area contributed by atoms with Crippen molar-refractivity contribution in [1.82, 2.24) is 0 Å². The lowest BCUT2D eigenvalue weighted by Gasteiger charge is -2.09. The molecule has 0 saturated heterocycles. The van der Waals surface area contributed by atoms with Gasteiger partial charge in [-0.1, -0.05) is 11.6 Å². The van der Waals surface area contributed by atoms with E-state index in [0.717, 1.165) is 25.0 Å². The minimum Gasteiger partial charge on any atom is -0.506 e. The van der Waals surface area contributed by atoms with E-state index in [-0.39, 0.29) is 28.8 Å². The van der Waals surface area contributed by atoms with Gasteiger partial charge >= 0.3 is 5.97 Å². The molecular weight excluding hydrogens is 316 g/mol. The highest BCUT2D eigenvalue weighted by molar-refractivity contribution is 6.32. The summed E-state index contributed by atoms with van der Waals surface area (Å²) in [5.74, 6) is -3.75. The van der Waals surface area contributed by atoms with Gasteiger partial charge in [0.1, 0.15) is 11.3 Å². The number of esters is 1. The van der Waals surface area contributed by atoms with Crippen LogP contribution < -0.4 is 0 Å². The average molecular weight is 330 g/mol. The maximum atomic E-state index is 13.3. The van der Waals surface area contributed by atoms with Crippen LogP contribution in [0.15, 0.2) is 22.7 Å². The van der Waals surface area contributed by atoms with Crippen molar-refractivity contribution in [2.24, 2.45) is 4.99 Å². The normalized spacial score (nSPS) is 15.8. The molecule has 0 heterocycles. The highest BCUT2D eigenvalue weighted by Gasteiger charge is 2.23. The Hall–Kier alpha value is -1.95. The van der Waals surface area contributed by atoms with Crippen molar-refractivity contribution in [3.05, 3.63) is 39.9 Å². The van der Waals surface area contributed by atoms with E-state index in [0.29, 0.717) is 0 Å². The Labute approximate surface area is 131 Å². The second-order valence-corrected chi connectivity index (χ2v) is 5.15. The number of rotatable bonds is 5. The van der Waals surface area contributed by atoms with Gasteiger partial charge in [0.25, 0.3) is 0 Å². The zero-order valence-electron chi connectivity index (χ0n) is 11.8. The first-order valence-electron chi connectivity index (χ1n) is 6.72. The Bertz CT molecular complexity index is 654. The molecule has 1 aliphatic carbocycles. The summed E-state index contributed by atoms with van der Waals surface area (Å²) in [6.45, 7) is 1.70. The smallest absolute Gasteiger partial charge is 0.343 e. The van der Waals surface area contributed by atoms with Crippen molar-refractivity contribution < 1.29 is 23.4 Å².